The number of amides is 2. The summed E-state index contributed by atoms with van der Waals surface area (Å²) in [4.78, 5) is 56.2. The van der Waals surface area contributed by atoms with Crippen molar-refractivity contribution in [3.05, 3.63) is 191 Å². The van der Waals surface area contributed by atoms with E-state index in [0.717, 1.165) is 27.7 Å². The number of aromatic nitrogens is 2. The molecule has 2 amide bonds. The number of carbonyl (C=O) groups is 3. The Morgan fingerprint density at radius 3 is 2.19 bits per heavy atom. The van der Waals surface area contributed by atoms with Gasteiger partial charge in [-0.15, -0.1) is 0 Å². The minimum absolute atomic E-state index is 0.0000272. The van der Waals surface area contributed by atoms with E-state index in [2.05, 4.69) is 27.5 Å². The summed E-state index contributed by atoms with van der Waals surface area (Å²) >= 11 is 0. The van der Waals surface area contributed by atoms with Crippen LogP contribution in [0.15, 0.2) is 152 Å². The molecule has 6 aromatic carbocycles. The van der Waals surface area contributed by atoms with Gasteiger partial charge in [-0.3, -0.25) is 19.3 Å². The van der Waals surface area contributed by atoms with Gasteiger partial charge in [0.15, 0.2) is 0 Å². The number of aliphatic hydroxyl groups is 1. The Morgan fingerprint density at radius 2 is 1.47 bits per heavy atom. The van der Waals surface area contributed by atoms with E-state index in [1.807, 2.05) is 144 Å². The maximum absolute atomic E-state index is 15.6. The first-order valence-electron chi connectivity index (χ1n) is 21.1. The molecule has 1 aromatic heterocycles. The van der Waals surface area contributed by atoms with Crippen molar-refractivity contribution in [2.75, 3.05) is 25.6 Å². The number of hydrogen-bond acceptors (Lipinski definition) is 9. The molecule has 2 fully saturated rings. The molecule has 3 aliphatic rings. The number of fused-ring (bicyclic) bond motifs is 4. The van der Waals surface area contributed by atoms with Crippen LogP contribution in [-0.4, -0.2) is 64.1 Å². The highest BCUT2D eigenvalue weighted by Gasteiger charge is 2.74. The number of nitrogens with one attached hydrogen (secondary N) is 3. The summed E-state index contributed by atoms with van der Waals surface area (Å²) in [5.74, 6) is 5.32. The highest BCUT2D eigenvalue weighted by Crippen LogP contribution is 2.64. The molecule has 0 radical (unpaired) electrons. The summed E-state index contributed by atoms with van der Waals surface area (Å²) in [5.41, 5.74) is 4.47. The van der Waals surface area contributed by atoms with E-state index in [9.17, 15) is 5.11 Å². The molecule has 0 saturated carbocycles. The SMILES string of the molecule is COc1ccc(C#Cc2ccc3c(c2)[C@]2(C(=O)N3)[C@H](c3ccc(OCCO)cc3)N3[C@H](c4ccccc4)[C@H](c4ccccc4)OC(=O)[C@H]3[C@@H]2C(=O)NCc2nc3ccccc3[nH]2)cc1. The second kappa shape index (κ2) is 16.9. The predicted molar refractivity (Wildman–Crippen MR) is 239 cm³/mol. The Morgan fingerprint density at radius 1 is 0.797 bits per heavy atom. The van der Waals surface area contributed by atoms with Gasteiger partial charge in [-0.05, 0) is 89.0 Å². The van der Waals surface area contributed by atoms with Crippen molar-refractivity contribution >= 4 is 34.5 Å². The number of ether oxygens (including phenoxy) is 3. The predicted octanol–water partition coefficient (Wildman–Crippen LogP) is 6.93. The zero-order chi connectivity index (χ0) is 43.8. The molecule has 12 nitrogen and oxygen atoms in total. The lowest BCUT2D eigenvalue weighted by Gasteiger charge is -2.46. The molecule has 1 spiro atoms. The lowest BCUT2D eigenvalue weighted by molar-refractivity contribution is -0.178. The van der Waals surface area contributed by atoms with Crippen LogP contribution in [0, 0.1) is 17.8 Å². The number of anilines is 1. The van der Waals surface area contributed by atoms with E-state index < -0.39 is 53.3 Å². The molecular weight excluding hydrogens is 807 g/mol. The summed E-state index contributed by atoms with van der Waals surface area (Å²) in [7, 11) is 1.61. The van der Waals surface area contributed by atoms with Gasteiger partial charge in [0.1, 0.15) is 41.5 Å². The molecule has 2 saturated heterocycles. The number of imidazole rings is 1. The van der Waals surface area contributed by atoms with Gasteiger partial charge >= 0.3 is 5.97 Å². The third kappa shape index (κ3) is 7.01. The number of aliphatic hydroxyl groups excluding tert-OH is 1. The van der Waals surface area contributed by atoms with E-state index in [1.165, 1.54) is 0 Å². The van der Waals surface area contributed by atoms with Crippen LogP contribution in [0.3, 0.4) is 0 Å². The standard InChI is InChI=1S/C52H43N5O7/c1-62-37-23-18-32(19-24-37)16-17-33-20-27-40-39(30-33)52(51(61)56-40)44(49(59)53-31-43-54-41-14-8-9-15-42(41)55-43)46-50(60)64-47(35-12-6-3-7-13-35)45(34-10-4-2-5-11-34)57(46)48(52)36-21-25-38(26-22-36)63-29-28-58/h2-15,18-27,30,44-48,58H,28-29,31H2,1H3,(H,53,59)(H,54,55)(H,56,61)/t44-,45-,46-,47+,48+,52-/m1/s1. The fourth-order valence-electron chi connectivity index (χ4n) is 9.77. The largest absolute Gasteiger partial charge is 0.497 e. The maximum atomic E-state index is 15.6. The summed E-state index contributed by atoms with van der Waals surface area (Å²) < 4.78 is 17.7. The number of para-hydroxylation sites is 2. The summed E-state index contributed by atoms with van der Waals surface area (Å²) in [6, 6.07) is 44.2. The Balaban J connectivity index is 1.19. The number of esters is 1. The van der Waals surface area contributed by atoms with Crippen molar-refractivity contribution in [1.29, 1.82) is 0 Å². The van der Waals surface area contributed by atoms with Crippen LogP contribution >= 0.6 is 0 Å². The summed E-state index contributed by atoms with van der Waals surface area (Å²) in [6.07, 6.45) is -0.818. The van der Waals surface area contributed by atoms with Gasteiger partial charge in [0.2, 0.25) is 11.8 Å². The quantitative estimate of drug-likeness (QED) is 0.0848. The maximum Gasteiger partial charge on any atom is 0.324 e. The number of carbonyl (C=O) groups excluding carboxylic acids is 3. The van der Waals surface area contributed by atoms with Gasteiger partial charge in [-0.1, -0.05) is 96.8 Å². The molecular formula is C52H43N5O7. The number of cyclic esters (lactones) is 1. The van der Waals surface area contributed by atoms with Crippen molar-refractivity contribution in [2.24, 2.45) is 5.92 Å². The molecule has 4 N–H and O–H groups in total. The lowest BCUT2D eigenvalue weighted by atomic mass is 9.65. The number of nitrogens with zero attached hydrogens (tertiary/aromatic N) is 2. The average Bonchev–Trinajstić information content (AvgIpc) is 4.00. The van der Waals surface area contributed by atoms with Crippen LogP contribution in [0.25, 0.3) is 11.0 Å². The molecule has 318 valence electrons. The number of hydrogen-bond donors (Lipinski definition) is 4. The van der Waals surface area contributed by atoms with Gasteiger partial charge in [0.05, 0.1) is 49.3 Å². The van der Waals surface area contributed by atoms with Crippen LogP contribution in [0.1, 0.15) is 57.4 Å². The first-order valence-corrected chi connectivity index (χ1v) is 21.1. The van der Waals surface area contributed by atoms with Gasteiger partial charge in [-0.2, -0.15) is 0 Å². The molecule has 0 aliphatic carbocycles. The summed E-state index contributed by atoms with van der Waals surface area (Å²) in [5, 5.41) is 15.8. The van der Waals surface area contributed by atoms with E-state index in [1.54, 1.807) is 19.2 Å². The Bertz CT molecular complexity index is 2900. The number of morpholine rings is 1. The van der Waals surface area contributed by atoms with Gasteiger partial charge in [0.25, 0.3) is 0 Å². The van der Waals surface area contributed by atoms with Crippen LogP contribution in [-0.2, 0) is 31.1 Å². The van der Waals surface area contributed by atoms with Crippen molar-refractivity contribution in [3.63, 3.8) is 0 Å². The minimum atomic E-state index is -1.72. The first kappa shape index (κ1) is 40.4. The molecule has 3 aliphatic heterocycles. The van der Waals surface area contributed by atoms with E-state index in [-0.39, 0.29) is 19.8 Å². The number of methoxy groups -OCH3 is 1. The normalized spacial score (nSPS) is 22.2. The van der Waals surface area contributed by atoms with Crippen molar-refractivity contribution in [3.8, 4) is 23.3 Å². The smallest absolute Gasteiger partial charge is 0.324 e. The average molecular weight is 850 g/mol. The zero-order valence-corrected chi connectivity index (χ0v) is 34.7. The monoisotopic (exact) mass is 849 g/mol. The highest BCUT2D eigenvalue weighted by molar-refractivity contribution is 6.12. The summed E-state index contributed by atoms with van der Waals surface area (Å²) in [6.45, 7) is -0.0820. The Labute approximate surface area is 369 Å². The second-order valence-electron chi connectivity index (χ2n) is 16.0. The van der Waals surface area contributed by atoms with Gasteiger partial charge < -0.3 is 34.9 Å². The molecule has 12 heteroatoms. The second-order valence-corrected chi connectivity index (χ2v) is 16.0. The fraction of sp³-hybridized carbons (Fsp3) is 0.192. The first-order chi connectivity index (χ1) is 31.4. The third-order valence-electron chi connectivity index (χ3n) is 12.5. The number of aromatic amines is 1. The molecule has 7 aromatic rings. The Hall–Kier alpha value is -7.72. The van der Waals surface area contributed by atoms with Gasteiger partial charge in [0, 0.05) is 16.8 Å². The van der Waals surface area contributed by atoms with E-state index in [4.69, 9.17) is 19.2 Å². The van der Waals surface area contributed by atoms with Crippen LogP contribution in [0.5, 0.6) is 11.5 Å². The van der Waals surface area contributed by atoms with Crippen LogP contribution in [0.2, 0.25) is 0 Å². The number of H-pyrrole nitrogens is 1. The lowest BCUT2D eigenvalue weighted by Crippen LogP contribution is -2.54. The van der Waals surface area contributed by atoms with Crippen molar-refractivity contribution in [1.82, 2.24) is 20.2 Å². The fourth-order valence-corrected chi connectivity index (χ4v) is 9.77. The minimum Gasteiger partial charge on any atom is -0.497 e. The molecule has 4 heterocycles. The van der Waals surface area contributed by atoms with Crippen molar-refractivity contribution < 1.29 is 33.7 Å². The zero-order valence-electron chi connectivity index (χ0n) is 34.7. The van der Waals surface area contributed by atoms with Crippen LogP contribution in [0.4, 0.5) is 5.69 Å². The highest BCUT2D eigenvalue weighted by atomic mass is 16.6. The number of benzene rings is 6. The molecule has 64 heavy (non-hydrogen) atoms. The number of rotatable bonds is 10. The van der Waals surface area contributed by atoms with E-state index >= 15 is 14.4 Å². The van der Waals surface area contributed by atoms with Gasteiger partial charge in [-0.25, -0.2) is 4.98 Å². The molecule has 0 unspecified atom stereocenters. The van der Waals surface area contributed by atoms with Crippen LogP contribution < -0.4 is 20.1 Å². The topological polar surface area (TPSA) is 155 Å². The van der Waals surface area contributed by atoms with Crippen molar-refractivity contribution in [2.45, 2.75) is 36.2 Å². The Kier molecular flexibility index (Phi) is 10.6. The molecule has 6 atom stereocenters. The van der Waals surface area contributed by atoms with E-state index in [0.29, 0.717) is 39.7 Å². The molecule has 10 rings (SSSR count). The third-order valence-corrected chi connectivity index (χ3v) is 12.5. The molecule has 0 bridgehead atoms.